The van der Waals surface area contributed by atoms with Gasteiger partial charge in [0, 0.05) is 44.0 Å². The van der Waals surface area contributed by atoms with Crippen molar-refractivity contribution in [2.75, 3.05) is 37.1 Å². The van der Waals surface area contributed by atoms with E-state index >= 15 is 4.39 Å². The summed E-state index contributed by atoms with van der Waals surface area (Å²) in [6, 6.07) is 9.94. The molecule has 2 atom stereocenters. The first-order valence-corrected chi connectivity index (χ1v) is 18.2. The minimum absolute atomic E-state index is 0.0444. The number of halogens is 3. The molecule has 0 radical (unpaired) electrons. The van der Waals surface area contributed by atoms with Gasteiger partial charge in [0.1, 0.15) is 17.5 Å². The molecule has 2 aliphatic heterocycles. The molecule has 2 N–H and O–H groups in total. The summed E-state index contributed by atoms with van der Waals surface area (Å²) in [4.78, 5) is 12.0. The van der Waals surface area contributed by atoms with Gasteiger partial charge in [-0.2, -0.15) is 0 Å². The number of hydrogen-bond acceptors (Lipinski definition) is 7. The van der Waals surface area contributed by atoms with Crippen molar-refractivity contribution in [2.24, 2.45) is 0 Å². The molecule has 1 fully saturated rings. The van der Waals surface area contributed by atoms with E-state index in [1.165, 1.54) is 24.3 Å². The summed E-state index contributed by atoms with van der Waals surface area (Å²) in [6.45, 7) is 24.8. The molecular formula is C41H54F3N7. The summed E-state index contributed by atoms with van der Waals surface area (Å²) in [5.74, 6) is -0.972. The Bertz CT molecular complexity index is 1720. The highest BCUT2D eigenvalue weighted by Crippen LogP contribution is 2.43. The van der Waals surface area contributed by atoms with E-state index in [0.29, 0.717) is 54.5 Å². The molecule has 0 saturated heterocycles. The standard InChI is InChI=1S/C41H54F3N7/c1-10-32(11-2)48(9)28(7)37(12-3)50(25-45-40-15-13-14-36(47-40)27(6)21-31(43)20-26(4)5)39-24-49(33-17-18-33)29(8)41-34(39)23-46-51(41)38-19-16-30(42)22-35(38)44/h13-16,19-22,32-33,37,39,46H,4,7-8,10-12,17-18,23-25H2,1-3,5-6,9H3,(H,45,47)/b27-21+,31-20+. The van der Waals surface area contributed by atoms with Gasteiger partial charge in [-0.1, -0.05) is 52.1 Å². The second-order valence-corrected chi connectivity index (χ2v) is 13.9. The SMILES string of the molecule is C=C(C)/C=C(F)\C=C(/C)c1cccc(NCN(C(CC)C(=C)N(C)C(CC)CC)C2CN(C3CC3)C(=C)C3=C2CNN3c2ccc(F)cc2F)n1. The molecule has 1 aromatic carbocycles. The van der Waals surface area contributed by atoms with Gasteiger partial charge in [-0.3, -0.25) is 9.91 Å². The molecule has 10 heteroatoms. The summed E-state index contributed by atoms with van der Waals surface area (Å²) < 4.78 is 43.8. The molecule has 7 nitrogen and oxygen atoms in total. The predicted molar refractivity (Wildman–Crippen MR) is 204 cm³/mol. The van der Waals surface area contributed by atoms with E-state index in [-0.39, 0.29) is 23.6 Å². The van der Waals surface area contributed by atoms with Crippen molar-refractivity contribution in [1.82, 2.24) is 25.1 Å². The predicted octanol–water partition coefficient (Wildman–Crippen LogP) is 8.92. The van der Waals surface area contributed by atoms with Gasteiger partial charge in [0.2, 0.25) is 0 Å². The number of anilines is 2. The number of hydrogen-bond donors (Lipinski definition) is 2. The molecule has 51 heavy (non-hydrogen) atoms. The summed E-state index contributed by atoms with van der Waals surface area (Å²) in [5, 5.41) is 5.35. The molecule has 0 bridgehead atoms. The third kappa shape index (κ3) is 8.45. The third-order valence-electron chi connectivity index (χ3n) is 10.3. The van der Waals surface area contributed by atoms with Gasteiger partial charge in [-0.25, -0.2) is 23.6 Å². The number of likely N-dealkylation sites (N-methyl/N-ethyl adjacent to an activating group) is 1. The van der Waals surface area contributed by atoms with Gasteiger partial charge in [0.05, 0.1) is 41.5 Å². The highest BCUT2D eigenvalue weighted by atomic mass is 19.1. The highest BCUT2D eigenvalue weighted by Gasteiger charge is 2.45. The van der Waals surface area contributed by atoms with Crippen molar-refractivity contribution in [3.8, 4) is 0 Å². The molecule has 3 heterocycles. The van der Waals surface area contributed by atoms with Crippen LogP contribution in [0.5, 0.6) is 0 Å². The van der Waals surface area contributed by atoms with E-state index in [1.54, 1.807) is 11.9 Å². The Balaban J connectivity index is 1.55. The fourth-order valence-corrected chi connectivity index (χ4v) is 7.42. The van der Waals surface area contributed by atoms with Crippen LogP contribution in [-0.4, -0.2) is 70.7 Å². The molecule has 1 aromatic heterocycles. The molecule has 1 saturated carbocycles. The maximum Gasteiger partial charge on any atom is 0.151 e. The topological polar surface area (TPSA) is 49.9 Å². The smallest absolute Gasteiger partial charge is 0.151 e. The van der Waals surface area contributed by atoms with Crippen LogP contribution in [0.15, 0.2) is 102 Å². The Hall–Kier alpha value is -4.28. The molecule has 274 valence electrons. The maximum absolute atomic E-state index is 15.3. The van der Waals surface area contributed by atoms with Crippen LogP contribution in [0.3, 0.4) is 0 Å². The zero-order chi connectivity index (χ0) is 37.0. The first-order chi connectivity index (χ1) is 24.4. The minimum atomic E-state index is -0.639. The number of allylic oxidation sites excluding steroid dienone is 5. The van der Waals surface area contributed by atoms with Crippen molar-refractivity contribution >= 4 is 17.1 Å². The largest absolute Gasteiger partial charge is 0.374 e. The Morgan fingerprint density at radius 1 is 1.08 bits per heavy atom. The number of rotatable bonds is 16. The fraction of sp³-hybridized carbons (Fsp3) is 0.439. The lowest BCUT2D eigenvalue weighted by Gasteiger charge is -2.47. The van der Waals surface area contributed by atoms with E-state index in [0.717, 1.165) is 60.8 Å². The molecule has 2 unspecified atom stereocenters. The summed E-state index contributed by atoms with van der Waals surface area (Å²) in [6.07, 6.45) is 7.81. The molecule has 0 amide bonds. The van der Waals surface area contributed by atoms with Gasteiger partial charge < -0.3 is 15.1 Å². The summed E-state index contributed by atoms with van der Waals surface area (Å²) >= 11 is 0. The first kappa shape index (κ1) is 38.0. The fourth-order valence-electron chi connectivity index (χ4n) is 7.42. The van der Waals surface area contributed by atoms with Gasteiger partial charge in [0.25, 0.3) is 0 Å². The van der Waals surface area contributed by atoms with Gasteiger partial charge >= 0.3 is 0 Å². The zero-order valence-electron chi connectivity index (χ0n) is 31.1. The quantitative estimate of drug-likeness (QED) is 0.134. The van der Waals surface area contributed by atoms with Crippen molar-refractivity contribution in [1.29, 1.82) is 0 Å². The van der Waals surface area contributed by atoms with E-state index < -0.39 is 11.6 Å². The first-order valence-electron chi connectivity index (χ1n) is 18.2. The van der Waals surface area contributed by atoms with Crippen molar-refractivity contribution < 1.29 is 13.2 Å². The number of nitrogens with one attached hydrogen (secondary N) is 2. The average molecular weight is 702 g/mol. The van der Waals surface area contributed by atoms with Crippen molar-refractivity contribution in [3.05, 3.63) is 120 Å². The Morgan fingerprint density at radius 2 is 1.80 bits per heavy atom. The van der Waals surface area contributed by atoms with Crippen LogP contribution in [0, 0.1) is 11.6 Å². The van der Waals surface area contributed by atoms with Gasteiger partial charge in [0.15, 0.2) is 5.82 Å². The second kappa shape index (κ2) is 16.4. The van der Waals surface area contributed by atoms with E-state index in [1.807, 2.05) is 25.1 Å². The Kier molecular flexibility index (Phi) is 12.2. The van der Waals surface area contributed by atoms with E-state index in [2.05, 4.69) is 73.0 Å². The van der Waals surface area contributed by atoms with Crippen LogP contribution in [-0.2, 0) is 0 Å². The molecular weight excluding hydrogens is 647 g/mol. The normalized spacial score (nSPS) is 18.9. The van der Waals surface area contributed by atoms with Crippen LogP contribution >= 0.6 is 0 Å². The van der Waals surface area contributed by atoms with Crippen LogP contribution in [0.25, 0.3) is 5.57 Å². The van der Waals surface area contributed by atoms with Crippen LogP contribution in [0.4, 0.5) is 24.7 Å². The third-order valence-corrected chi connectivity index (χ3v) is 10.3. The van der Waals surface area contributed by atoms with Crippen LogP contribution in [0.2, 0.25) is 0 Å². The second-order valence-electron chi connectivity index (χ2n) is 13.9. The van der Waals surface area contributed by atoms with Crippen LogP contribution in [0.1, 0.15) is 72.4 Å². The number of aromatic nitrogens is 1. The molecule has 5 rings (SSSR count). The van der Waals surface area contributed by atoms with Gasteiger partial charge in [-0.15, -0.1) is 0 Å². The molecule has 0 spiro atoms. The maximum atomic E-state index is 15.3. The lowest BCUT2D eigenvalue weighted by molar-refractivity contribution is 0.116. The zero-order valence-corrected chi connectivity index (χ0v) is 31.1. The van der Waals surface area contributed by atoms with E-state index in [4.69, 9.17) is 4.98 Å². The molecule has 1 aliphatic carbocycles. The van der Waals surface area contributed by atoms with Crippen LogP contribution < -0.4 is 15.8 Å². The van der Waals surface area contributed by atoms with Crippen molar-refractivity contribution in [3.63, 3.8) is 0 Å². The van der Waals surface area contributed by atoms with E-state index in [9.17, 15) is 8.78 Å². The molecule has 2 aromatic rings. The monoisotopic (exact) mass is 701 g/mol. The minimum Gasteiger partial charge on any atom is -0.374 e. The van der Waals surface area contributed by atoms with Gasteiger partial charge in [-0.05, 0) is 93.5 Å². The lowest BCUT2D eigenvalue weighted by Crippen LogP contribution is -2.56. The summed E-state index contributed by atoms with van der Waals surface area (Å²) in [5.41, 5.74) is 9.46. The van der Waals surface area contributed by atoms with Crippen molar-refractivity contribution in [2.45, 2.75) is 90.9 Å². The number of pyridine rings is 1. The molecule has 3 aliphatic rings. The Labute approximate surface area is 302 Å². The lowest BCUT2D eigenvalue weighted by atomic mass is 9.94. The Morgan fingerprint density at radius 3 is 2.43 bits per heavy atom. The number of nitrogens with zero attached hydrogens (tertiary/aromatic N) is 5. The summed E-state index contributed by atoms with van der Waals surface area (Å²) in [7, 11) is 2.13. The number of hydrazine groups is 1. The average Bonchev–Trinajstić information content (AvgIpc) is 3.84. The highest BCUT2D eigenvalue weighted by molar-refractivity contribution is 5.65. The number of benzene rings is 1.